The van der Waals surface area contributed by atoms with E-state index in [9.17, 15) is 0 Å². The number of rotatable bonds is 5. The van der Waals surface area contributed by atoms with Crippen LogP contribution in [0.15, 0.2) is 182 Å². The number of fused-ring (bicyclic) bond motifs is 10. The van der Waals surface area contributed by atoms with Gasteiger partial charge in [-0.1, -0.05) is 147 Å². The second kappa shape index (κ2) is 12.2. The van der Waals surface area contributed by atoms with Crippen LogP contribution in [-0.2, 0) is 5.41 Å². The van der Waals surface area contributed by atoms with Gasteiger partial charge >= 0.3 is 0 Å². The van der Waals surface area contributed by atoms with Crippen molar-refractivity contribution in [2.24, 2.45) is 0 Å². The zero-order valence-corrected chi connectivity index (χ0v) is 31.4. The Bertz CT molecular complexity index is 3120. The summed E-state index contributed by atoms with van der Waals surface area (Å²) in [5, 5.41) is 6.27. The summed E-state index contributed by atoms with van der Waals surface area (Å²) in [6.07, 6.45) is 0. The first-order valence-electron chi connectivity index (χ1n) is 19.0. The molecule has 0 saturated heterocycles. The van der Waals surface area contributed by atoms with Gasteiger partial charge < -0.3 is 4.90 Å². The monoisotopic (exact) mass is 720 g/mol. The minimum absolute atomic E-state index is 0.105. The molecule has 0 N–H and O–H groups in total. The minimum atomic E-state index is -0.105. The Morgan fingerprint density at radius 3 is 2.00 bits per heavy atom. The summed E-state index contributed by atoms with van der Waals surface area (Å²) in [5.74, 6) is 0. The lowest BCUT2D eigenvalue weighted by atomic mass is 9.82. The Kier molecular flexibility index (Phi) is 7.11. The Morgan fingerprint density at radius 1 is 0.455 bits per heavy atom. The molecule has 0 fully saturated rings. The fourth-order valence-electron chi connectivity index (χ4n) is 8.94. The van der Waals surface area contributed by atoms with Crippen molar-refractivity contribution in [3.05, 3.63) is 193 Å². The molecule has 8 aromatic carbocycles. The molecule has 0 unspecified atom stereocenters. The molecule has 55 heavy (non-hydrogen) atoms. The smallest absolute Gasteiger partial charge is 0.0788 e. The maximum absolute atomic E-state index is 5.34. The number of nitrogens with zero attached hydrogens (tertiary/aromatic N) is 2. The standard InChI is InChI=1S/C52H36N2S/c1-52(2)45-20-9-6-17-39(45)40-28-27-38(32-46(40)52)54(37-16-12-15-35(31-37)33-13-4-3-5-14-33)36-25-23-34(24-26-36)50-44-30-29-42-41-18-8-11-22-48(41)55-51(42)49(44)43-19-7-10-21-47(43)53-50/h3-32H,1-2H3. The molecule has 2 heterocycles. The van der Waals surface area contributed by atoms with Crippen molar-refractivity contribution in [3.63, 3.8) is 0 Å². The van der Waals surface area contributed by atoms with Gasteiger partial charge in [0.05, 0.1) is 11.2 Å². The molecule has 2 aromatic heterocycles. The highest BCUT2D eigenvalue weighted by Crippen LogP contribution is 2.51. The van der Waals surface area contributed by atoms with Crippen molar-refractivity contribution in [3.8, 4) is 33.5 Å². The molecule has 1 aliphatic rings. The van der Waals surface area contributed by atoms with Crippen LogP contribution in [-0.4, -0.2) is 4.98 Å². The number of aromatic nitrogens is 1. The molecule has 0 spiro atoms. The average molecular weight is 721 g/mol. The van der Waals surface area contributed by atoms with Crippen LogP contribution in [0.5, 0.6) is 0 Å². The molecule has 0 atom stereocenters. The van der Waals surface area contributed by atoms with Gasteiger partial charge in [-0.25, -0.2) is 4.98 Å². The zero-order valence-electron chi connectivity index (χ0n) is 30.6. The molecular formula is C52H36N2S. The summed E-state index contributed by atoms with van der Waals surface area (Å²) in [6, 6.07) is 66.4. The van der Waals surface area contributed by atoms with Gasteiger partial charge in [-0.15, -0.1) is 11.3 Å². The van der Waals surface area contributed by atoms with Crippen molar-refractivity contribution in [2.45, 2.75) is 19.3 Å². The van der Waals surface area contributed by atoms with Crippen LogP contribution in [0.3, 0.4) is 0 Å². The number of hydrogen-bond acceptors (Lipinski definition) is 3. The van der Waals surface area contributed by atoms with Crippen molar-refractivity contribution in [1.29, 1.82) is 0 Å². The van der Waals surface area contributed by atoms with E-state index in [0.29, 0.717) is 0 Å². The molecule has 0 aliphatic heterocycles. The number of hydrogen-bond donors (Lipinski definition) is 0. The van der Waals surface area contributed by atoms with E-state index in [1.54, 1.807) is 0 Å². The summed E-state index contributed by atoms with van der Waals surface area (Å²) in [7, 11) is 0. The Labute approximate surface area is 324 Å². The number of para-hydroxylation sites is 1. The quantitative estimate of drug-likeness (QED) is 0.165. The van der Waals surface area contributed by atoms with Gasteiger partial charge in [0, 0.05) is 64.4 Å². The molecule has 1 aliphatic carbocycles. The second-order valence-corrected chi connectivity index (χ2v) is 16.2. The van der Waals surface area contributed by atoms with Crippen LogP contribution >= 0.6 is 11.3 Å². The number of pyridine rings is 1. The molecule has 260 valence electrons. The maximum Gasteiger partial charge on any atom is 0.0788 e. The Morgan fingerprint density at radius 2 is 1.13 bits per heavy atom. The van der Waals surface area contributed by atoms with Crippen molar-refractivity contribution in [1.82, 2.24) is 4.98 Å². The van der Waals surface area contributed by atoms with Crippen LogP contribution < -0.4 is 4.90 Å². The summed E-state index contributed by atoms with van der Waals surface area (Å²) in [4.78, 5) is 7.74. The van der Waals surface area contributed by atoms with E-state index in [2.05, 4.69) is 201 Å². The van der Waals surface area contributed by atoms with Crippen molar-refractivity contribution >= 4 is 70.2 Å². The lowest BCUT2D eigenvalue weighted by Gasteiger charge is -2.28. The molecule has 3 heteroatoms. The number of benzene rings is 8. The lowest BCUT2D eigenvalue weighted by Crippen LogP contribution is -2.16. The third kappa shape index (κ3) is 4.97. The van der Waals surface area contributed by atoms with Crippen LogP contribution in [0.4, 0.5) is 17.1 Å². The minimum Gasteiger partial charge on any atom is -0.310 e. The van der Waals surface area contributed by atoms with E-state index in [0.717, 1.165) is 33.8 Å². The number of thiophene rings is 1. The molecule has 10 aromatic rings. The lowest BCUT2D eigenvalue weighted by molar-refractivity contribution is 0.660. The third-order valence-electron chi connectivity index (χ3n) is 11.6. The summed E-state index contributed by atoms with van der Waals surface area (Å²) >= 11 is 1.88. The summed E-state index contributed by atoms with van der Waals surface area (Å²) in [5.41, 5.74) is 14.1. The highest BCUT2D eigenvalue weighted by Gasteiger charge is 2.35. The molecule has 0 bridgehead atoms. The van der Waals surface area contributed by atoms with Crippen LogP contribution in [0.25, 0.3) is 75.4 Å². The highest BCUT2D eigenvalue weighted by atomic mass is 32.1. The molecular weight excluding hydrogens is 685 g/mol. The SMILES string of the molecule is CC1(C)c2ccccc2-c2ccc(N(c3ccc(-c4nc5ccccc5c5c4ccc4c6ccccc6sc45)cc3)c3cccc(-c4ccccc4)c3)cc21. The predicted molar refractivity (Wildman–Crippen MR) is 235 cm³/mol. The fraction of sp³-hybridized carbons (Fsp3) is 0.0577. The maximum atomic E-state index is 5.34. The molecule has 11 rings (SSSR count). The summed E-state index contributed by atoms with van der Waals surface area (Å²) < 4.78 is 2.63. The largest absolute Gasteiger partial charge is 0.310 e. The molecule has 2 nitrogen and oxygen atoms in total. The van der Waals surface area contributed by atoms with Gasteiger partial charge in [0.2, 0.25) is 0 Å². The third-order valence-corrected chi connectivity index (χ3v) is 12.8. The average Bonchev–Trinajstić information content (AvgIpc) is 3.73. The van der Waals surface area contributed by atoms with Crippen LogP contribution in [0.2, 0.25) is 0 Å². The second-order valence-electron chi connectivity index (χ2n) is 15.1. The zero-order chi connectivity index (χ0) is 36.7. The van der Waals surface area contributed by atoms with Crippen LogP contribution in [0.1, 0.15) is 25.0 Å². The molecule has 0 amide bonds. The van der Waals surface area contributed by atoms with E-state index in [-0.39, 0.29) is 5.41 Å². The summed E-state index contributed by atoms with van der Waals surface area (Å²) in [6.45, 7) is 4.70. The van der Waals surface area contributed by atoms with Gasteiger partial charge in [-0.05, 0) is 81.9 Å². The Balaban J connectivity index is 1.08. The van der Waals surface area contributed by atoms with Gasteiger partial charge in [0.1, 0.15) is 0 Å². The Hall–Kier alpha value is -6.55. The topological polar surface area (TPSA) is 16.1 Å². The van der Waals surface area contributed by atoms with Crippen LogP contribution in [0, 0.1) is 0 Å². The number of anilines is 3. The van der Waals surface area contributed by atoms with Crippen molar-refractivity contribution in [2.75, 3.05) is 4.90 Å². The first-order valence-corrected chi connectivity index (χ1v) is 19.8. The molecule has 0 radical (unpaired) electrons. The van der Waals surface area contributed by atoms with E-state index in [4.69, 9.17) is 4.98 Å². The molecule has 0 saturated carbocycles. The predicted octanol–water partition coefficient (Wildman–Crippen LogP) is 14.9. The van der Waals surface area contributed by atoms with E-state index in [1.165, 1.54) is 69.7 Å². The highest BCUT2D eigenvalue weighted by molar-refractivity contribution is 7.26. The van der Waals surface area contributed by atoms with E-state index >= 15 is 0 Å². The normalized spacial score (nSPS) is 13.1. The van der Waals surface area contributed by atoms with Gasteiger partial charge in [0.25, 0.3) is 0 Å². The van der Waals surface area contributed by atoms with Gasteiger partial charge in [0.15, 0.2) is 0 Å². The first kappa shape index (κ1) is 31.9. The van der Waals surface area contributed by atoms with E-state index < -0.39 is 0 Å². The first-order chi connectivity index (χ1) is 27.0. The van der Waals surface area contributed by atoms with Gasteiger partial charge in [-0.3, -0.25) is 0 Å². The van der Waals surface area contributed by atoms with E-state index in [1.807, 2.05) is 11.3 Å². The van der Waals surface area contributed by atoms with Gasteiger partial charge in [-0.2, -0.15) is 0 Å². The van der Waals surface area contributed by atoms with Crippen molar-refractivity contribution < 1.29 is 0 Å². The fourth-order valence-corrected chi connectivity index (χ4v) is 10.2.